The molecule has 26 heavy (non-hydrogen) atoms. The van der Waals surface area contributed by atoms with Crippen LogP contribution < -0.4 is 15.9 Å². The van der Waals surface area contributed by atoms with Crippen molar-refractivity contribution in [2.24, 2.45) is 0 Å². The predicted octanol–water partition coefficient (Wildman–Crippen LogP) is 6.12. The Hall–Kier alpha value is -1.73. The second-order valence-corrected chi connectivity index (χ2v) is 11.8. The molecule has 0 nitrogen and oxygen atoms in total. The molecule has 0 unspecified atom stereocenters. The molecular formula is C23H21BrPS+. The molecule has 0 saturated carbocycles. The van der Waals surface area contributed by atoms with Crippen LogP contribution in [0.1, 0.15) is 0 Å². The molecule has 0 fully saturated rings. The van der Waals surface area contributed by atoms with Crippen LogP contribution in [0.15, 0.2) is 112 Å². The van der Waals surface area contributed by atoms with Crippen LogP contribution in [-0.2, 0) is 0 Å². The van der Waals surface area contributed by atoms with Gasteiger partial charge in [-0.3, -0.25) is 0 Å². The van der Waals surface area contributed by atoms with Crippen molar-refractivity contribution in [1.82, 2.24) is 0 Å². The molecule has 0 aliphatic heterocycles. The highest BCUT2D eigenvalue weighted by molar-refractivity contribution is 9.11. The zero-order valence-corrected chi connectivity index (χ0v) is 17.9. The number of hydrogen-bond donors (Lipinski definition) is 0. The van der Waals surface area contributed by atoms with Crippen LogP contribution >= 0.6 is 34.5 Å². The van der Waals surface area contributed by atoms with Gasteiger partial charge >= 0.3 is 0 Å². The first kappa shape index (κ1) is 19.0. The van der Waals surface area contributed by atoms with Crippen LogP contribution in [0.2, 0.25) is 0 Å². The highest BCUT2D eigenvalue weighted by Gasteiger charge is 2.39. The monoisotopic (exact) mass is 439 g/mol. The lowest BCUT2D eigenvalue weighted by molar-refractivity contribution is 1.72. The summed E-state index contributed by atoms with van der Waals surface area (Å²) in [7, 11) is -1.53. The van der Waals surface area contributed by atoms with E-state index in [1.165, 1.54) is 19.7 Å². The molecule has 3 heteroatoms. The van der Waals surface area contributed by atoms with Crippen LogP contribution in [0, 0.1) is 0 Å². The molecule has 4 aromatic rings. The minimum absolute atomic E-state index is 1.20. The lowest BCUT2D eigenvalue weighted by Crippen LogP contribution is -2.30. The van der Waals surface area contributed by atoms with E-state index in [-0.39, 0.29) is 0 Å². The van der Waals surface area contributed by atoms with Crippen molar-refractivity contribution < 1.29 is 0 Å². The van der Waals surface area contributed by atoms with Crippen LogP contribution in [0.4, 0.5) is 0 Å². The quantitative estimate of drug-likeness (QED) is 0.337. The van der Waals surface area contributed by atoms with E-state index < -0.39 is 7.26 Å². The third-order valence-electron chi connectivity index (χ3n) is 4.30. The Bertz CT molecular complexity index is 794. The van der Waals surface area contributed by atoms with E-state index in [2.05, 4.69) is 114 Å². The number of hydrogen-bond acceptors (Lipinski definition) is 1. The number of rotatable bonds is 3. The maximum absolute atomic E-state index is 3.30. The molecule has 0 aliphatic rings. The fourth-order valence-corrected chi connectivity index (χ4v) is 7.00. The lowest BCUT2D eigenvalue weighted by atomic mass is 10.4. The highest BCUT2D eigenvalue weighted by Crippen LogP contribution is 2.51. The zero-order valence-electron chi connectivity index (χ0n) is 14.6. The van der Waals surface area contributed by atoms with Gasteiger partial charge in [0.25, 0.3) is 0 Å². The third-order valence-corrected chi connectivity index (χ3v) is 9.78. The standard InChI is InChI=1S/C19H18P.C4H3BrS/c1-20(17-11-5-2-6-12-17,18-13-7-3-8-14-18)19-15-9-4-10-16-19;5-4-2-1-3-6-4/h2-16H,1H3;1-3H/q+1;. The molecule has 3 aromatic carbocycles. The normalized spacial score (nSPS) is 10.7. The molecule has 130 valence electrons. The van der Waals surface area contributed by atoms with E-state index in [0.29, 0.717) is 0 Å². The molecule has 0 amide bonds. The van der Waals surface area contributed by atoms with Gasteiger partial charge in [0, 0.05) is 0 Å². The van der Waals surface area contributed by atoms with E-state index in [1.54, 1.807) is 11.3 Å². The van der Waals surface area contributed by atoms with Crippen LogP contribution in [0.5, 0.6) is 0 Å². The average molecular weight is 440 g/mol. The van der Waals surface area contributed by atoms with E-state index in [4.69, 9.17) is 0 Å². The summed E-state index contributed by atoms with van der Waals surface area (Å²) in [5.74, 6) is 0. The molecule has 0 atom stereocenters. The average Bonchev–Trinajstić information content (AvgIpc) is 3.21. The molecule has 0 N–H and O–H groups in total. The van der Waals surface area contributed by atoms with Gasteiger partial charge in [0.15, 0.2) is 0 Å². The van der Waals surface area contributed by atoms with Crippen LogP contribution in [0.3, 0.4) is 0 Å². The first-order valence-corrected chi connectivity index (χ1v) is 12.3. The Labute approximate surface area is 169 Å². The molecule has 1 aromatic heterocycles. The summed E-state index contributed by atoms with van der Waals surface area (Å²) in [5.41, 5.74) is 0. The van der Waals surface area contributed by atoms with Gasteiger partial charge in [-0.25, -0.2) is 0 Å². The smallest absolute Gasteiger partial charge is 0.109 e. The van der Waals surface area contributed by atoms with Crippen molar-refractivity contribution in [2.75, 3.05) is 6.66 Å². The fourth-order valence-electron chi connectivity index (χ4n) is 2.88. The van der Waals surface area contributed by atoms with E-state index in [9.17, 15) is 0 Å². The van der Waals surface area contributed by atoms with E-state index >= 15 is 0 Å². The van der Waals surface area contributed by atoms with E-state index in [0.717, 1.165) is 0 Å². The topological polar surface area (TPSA) is 0 Å². The summed E-state index contributed by atoms with van der Waals surface area (Å²) in [6.45, 7) is 2.41. The van der Waals surface area contributed by atoms with Gasteiger partial charge in [-0.05, 0) is 63.8 Å². The largest absolute Gasteiger partial charge is 0.137 e. The maximum atomic E-state index is 3.30. The van der Waals surface area contributed by atoms with Crippen LogP contribution in [-0.4, -0.2) is 6.66 Å². The summed E-state index contributed by atoms with van der Waals surface area (Å²) in [4.78, 5) is 0. The maximum Gasteiger partial charge on any atom is 0.109 e. The predicted molar refractivity (Wildman–Crippen MR) is 123 cm³/mol. The Morgan fingerprint density at radius 3 is 1.19 bits per heavy atom. The number of benzene rings is 3. The Balaban J connectivity index is 0.000000278. The number of thiophene rings is 1. The first-order chi connectivity index (χ1) is 12.7. The van der Waals surface area contributed by atoms with Gasteiger partial charge in [0.05, 0.1) is 10.5 Å². The van der Waals surface area contributed by atoms with Crippen molar-refractivity contribution in [1.29, 1.82) is 0 Å². The Kier molecular flexibility index (Phi) is 6.80. The Morgan fingerprint density at radius 2 is 0.962 bits per heavy atom. The molecule has 0 spiro atoms. The zero-order chi connectivity index (χ0) is 18.2. The van der Waals surface area contributed by atoms with Crippen molar-refractivity contribution in [3.63, 3.8) is 0 Å². The Morgan fingerprint density at radius 1 is 0.577 bits per heavy atom. The van der Waals surface area contributed by atoms with Crippen molar-refractivity contribution in [2.45, 2.75) is 0 Å². The SMILES string of the molecule is Brc1cccs1.C[P+](c1ccccc1)(c1ccccc1)c1ccccc1. The molecule has 0 radical (unpaired) electrons. The van der Waals surface area contributed by atoms with Gasteiger partial charge in [0.1, 0.15) is 23.2 Å². The summed E-state index contributed by atoms with van der Waals surface area (Å²) >= 11 is 4.99. The van der Waals surface area contributed by atoms with Gasteiger partial charge in [-0.1, -0.05) is 60.7 Å². The van der Waals surface area contributed by atoms with Gasteiger partial charge in [-0.15, -0.1) is 11.3 Å². The van der Waals surface area contributed by atoms with Crippen molar-refractivity contribution in [3.8, 4) is 0 Å². The van der Waals surface area contributed by atoms with E-state index in [1.807, 2.05) is 17.5 Å². The first-order valence-electron chi connectivity index (χ1n) is 8.43. The minimum atomic E-state index is -1.53. The van der Waals surface area contributed by atoms with Gasteiger partial charge in [-0.2, -0.15) is 0 Å². The van der Waals surface area contributed by atoms with Crippen LogP contribution in [0.25, 0.3) is 0 Å². The lowest BCUT2D eigenvalue weighted by Gasteiger charge is -2.22. The molecule has 0 bridgehead atoms. The second kappa shape index (κ2) is 9.28. The van der Waals surface area contributed by atoms with Gasteiger partial charge in [0.2, 0.25) is 0 Å². The second-order valence-electron chi connectivity index (χ2n) is 5.93. The number of halogens is 1. The molecule has 0 saturated heterocycles. The fraction of sp³-hybridized carbons (Fsp3) is 0.0435. The summed E-state index contributed by atoms with van der Waals surface area (Å²) in [5, 5.41) is 6.32. The highest BCUT2D eigenvalue weighted by atomic mass is 79.9. The minimum Gasteiger partial charge on any atom is -0.137 e. The van der Waals surface area contributed by atoms with Crippen molar-refractivity contribution >= 4 is 50.4 Å². The third kappa shape index (κ3) is 4.51. The molecule has 1 heterocycles. The summed E-state index contributed by atoms with van der Waals surface area (Å²) in [6, 6.07) is 36.7. The summed E-state index contributed by atoms with van der Waals surface area (Å²) in [6.07, 6.45) is 0. The van der Waals surface area contributed by atoms with Crippen molar-refractivity contribution in [3.05, 3.63) is 112 Å². The summed E-state index contributed by atoms with van der Waals surface area (Å²) < 4.78 is 1.20. The molecule has 0 aliphatic carbocycles. The van der Waals surface area contributed by atoms with Gasteiger partial charge < -0.3 is 0 Å². The molecule has 4 rings (SSSR count). The molecular weight excluding hydrogens is 419 g/mol.